The van der Waals surface area contributed by atoms with Gasteiger partial charge in [-0.2, -0.15) is 0 Å². The molecule has 0 radical (unpaired) electrons. The molecule has 0 aliphatic rings. The first-order valence-electron chi connectivity index (χ1n) is 9.21. The summed E-state index contributed by atoms with van der Waals surface area (Å²) in [6.07, 6.45) is 4.43. The van der Waals surface area contributed by atoms with Crippen LogP contribution in [-0.4, -0.2) is 17.0 Å². The van der Waals surface area contributed by atoms with Crippen LogP contribution in [0.1, 0.15) is 54.4 Å². The van der Waals surface area contributed by atoms with Crippen molar-refractivity contribution in [3.63, 3.8) is 0 Å². The molecule has 3 rings (SSSR count). The maximum absolute atomic E-state index is 13.5. The van der Waals surface area contributed by atoms with Crippen LogP contribution in [0.4, 0.5) is 4.39 Å². The third kappa shape index (κ3) is 4.15. The number of nitrogens with zero attached hydrogens (tertiary/aromatic N) is 1. The maximum atomic E-state index is 13.5. The highest BCUT2D eigenvalue weighted by Gasteiger charge is 2.18. The maximum Gasteiger partial charge on any atom is 0.268 e. The van der Waals surface area contributed by atoms with Gasteiger partial charge in [0.2, 0.25) is 0 Å². The van der Waals surface area contributed by atoms with Crippen molar-refractivity contribution in [1.29, 1.82) is 0 Å². The van der Waals surface area contributed by atoms with Crippen molar-refractivity contribution in [2.75, 3.05) is 6.54 Å². The molecule has 1 amide bonds. The fourth-order valence-electron chi connectivity index (χ4n) is 3.19. The van der Waals surface area contributed by atoms with E-state index in [1.54, 1.807) is 12.1 Å². The third-order valence-corrected chi connectivity index (χ3v) is 4.49. The number of furan rings is 1. The highest BCUT2D eigenvalue weighted by atomic mass is 19.1. The van der Waals surface area contributed by atoms with Crippen molar-refractivity contribution < 1.29 is 13.6 Å². The number of amides is 1. The zero-order chi connectivity index (χ0) is 18.5. The predicted octanol–water partition coefficient (Wildman–Crippen LogP) is 5.04. The summed E-state index contributed by atoms with van der Waals surface area (Å²) >= 11 is 0. The van der Waals surface area contributed by atoms with Crippen LogP contribution in [0.25, 0.3) is 11.1 Å². The molecule has 5 heteroatoms. The number of carbonyl (C=O) groups excluding carboxylic acids is 1. The summed E-state index contributed by atoms with van der Waals surface area (Å²) in [6, 6.07) is 10.1. The second-order valence-electron chi connectivity index (χ2n) is 6.67. The normalized spacial score (nSPS) is 11.2. The second-order valence-corrected chi connectivity index (χ2v) is 6.67. The van der Waals surface area contributed by atoms with Crippen molar-refractivity contribution in [3.8, 4) is 0 Å². The molecule has 4 nitrogen and oxygen atoms in total. The minimum Gasteiger partial charge on any atom is -0.460 e. The van der Waals surface area contributed by atoms with Crippen LogP contribution in [0, 0.1) is 12.7 Å². The number of aryl methyl sites for hydroxylation is 1. The van der Waals surface area contributed by atoms with E-state index in [1.807, 2.05) is 23.6 Å². The number of halogens is 1. The van der Waals surface area contributed by atoms with Crippen molar-refractivity contribution in [2.45, 2.75) is 46.1 Å². The Labute approximate surface area is 153 Å². The summed E-state index contributed by atoms with van der Waals surface area (Å²) < 4.78 is 21.1. The predicted molar refractivity (Wildman–Crippen MR) is 101 cm³/mol. The summed E-state index contributed by atoms with van der Waals surface area (Å²) in [5.41, 5.74) is 2.87. The van der Waals surface area contributed by atoms with Gasteiger partial charge in [0.15, 0.2) is 5.58 Å². The average Bonchev–Trinajstić information content (AvgIpc) is 3.12. The number of carbonyl (C=O) groups is 1. The molecule has 1 N–H and O–H groups in total. The van der Waals surface area contributed by atoms with E-state index in [9.17, 15) is 9.18 Å². The van der Waals surface area contributed by atoms with Crippen LogP contribution in [-0.2, 0) is 6.54 Å². The Balaban J connectivity index is 1.82. The zero-order valence-electron chi connectivity index (χ0n) is 15.3. The van der Waals surface area contributed by atoms with Gasteiger partial charge in [0, 0.05) is 25.2 Å². The van der Waals surface area contributed by atoms with E-state index < -0.39 is 0 Å². The van der Waals surface area contributed by atoms with Gasteiger partial charge in [0.05, 0.1) is 5.52 Å². The smallest absolute Gasteiger partial charge is 0.268 e. The Hall–Kier alpha value is -2.56. The Bertz CT molecular complexity index is 895. The number of hydrogen-bond acceptors (Lipinski definition) is 2. The van der Waals surface area contributed by atoms with E-state index in [0.29, 0.717) is 24.4 Å². The molecule has 0 aliphatic heterocycles. The molecule has 2 heterocycles. The largest absolute Gasteiger partial charge is 0.460 e. The van der Waals surface area contributed by atoms with Crippen LogP contribution in [0.2, 0.25) is 0 Å². The fourth-order valence-corrected chi connectivity index (χ4v) is 3.19. The van der Waals surface area contributed by atoms with Gasteiger partial charge in [0.1, 0.15) is 17.3 Å². The van der Waals surface area contributed by atoms with E-state index in [2.05, 4.69) is 12.2 Å². The van der Waals surface area contributed by atoms with Gasteiger partial charge in [-0.1, -0.05) is 38.3 Å². The number of hydrogen-bond donors (Lipinski definition) is 1. The molecule has 0 atom stereocenters. The van der Waals surface area contributed by atoms with E-state index in [4.69, 9.17) is 4.42 Å². The lowest BCUT2D eigenvalue weighted by Gasteiger charge is -2.11. The first-order valence-corrected chi connectivity index (χ1v) is 9.21. The number of benzene rings is 1. The monoisotopic (exact) mass is 356 g/mol. The SMILES string of the molecule is CCCCCCNC(=O)c1cc2oc(C)cc2n1Cc1cccc(F)c1. The molecule has 0 unspecified atom stereocenters. The van der Waals surface area contributed by atoms with Gasteiger partial charge in [0.25, 0.3) is 5.91 Å². The molecule has 2 aromatic heterocycles. The minimum atomic E-state index is -0.281. The number of aromatic nitrogens is 1. The summed E-state index contributed by atoms with van der Waals surface area (Å²) in [7, 11) is 0. The Kier molecular flexibility index (Phi) is 5.76. The van der Waals surface area contributed by atoms with E-state index >= 15 is 0 Å². The van der Waals surface area contributed by atoms with E-state index in [1.165, 1.54) is 25.0 Å². The van der Waals surface area contributed by atoms with Gasteiger partial charge in [-0.05, 0) is 31.0 Å². The lowest BCUT2D eigenvalue weighted by atomic mass is 10.2. The van der Waals surface area contributed by atoms with Gasteiger partial charge < -0.3 is 14.3 Å². The van der Waals surface area contributed by atoms with Crippen LogP contribution < -0.4 is 5.32 Å². The number of rotatable bonds is 8. The molecular weight excluding hydrogens is 331 g/mol. The zero-order valence-corrected chi connectivity index (χ0v) is 15.3. The minimum absolute atomic E-state index is 0.123. The first-order chi connectivity index (χ1) is 12.6. The van der Waals surface area contributed by atoms with E-state index in [-0.39, 0.29) is 11.7 Å². The molecular formula is C21H25FN2O2. The molecule has 1 aromatic carbocycles. The second kappa shape index (κ2) is 8.21. The Morgan fingerprint density at radius 2 is 2.04 bits per heavy atom. The third-order valence-electron chi connectivity index (χ3n) is 4.49. The standard InChI is InChI=1S/C21H25FN2O2/c1-3-4-5-6-10-23-21(25)19-13-20-18(11-15(2)26-20)24(19)14-16-8-7-9-17(22)12-16/h7-9,11-13H,3-6,10,14H2,1-2H3,(H,23,25). The van der Waals surface area contributed by atoms with Crippen LogP contribution in [0.15, 0.2) is 40.8 Å². The van der Waals surface area contributed by atoms with Crippen molar-refractivity contribution in [2.24, 2.45) is 0 Å². The molecule has 26 heavy (non-hydrogen) atoms. The van der Waals surface area contributed by atoms with E-state index in [0.717, 1.165) is 29.7 Å². The molecule has 3 aromatic rings. The molecule has 0 saturated carbocycles. The summed E-state index contributed by atoms with van der Waals surface area (Å²) in [5.74, 6) is 0.382. The van der Waals surface area contributed by atoms with Gasteiger partial charge in [-0.25, -0.2) is 4.39 Å². The summed E-state index contributed by atoms with van der Waals surface area (Å²) in [6.45, 7) is 5.11. The van der Waals surface area contributed by atoms with Gasteiger partial charge in [-0.3, -0.25) is 4.79 Å². The van der Waals surface area contributed by atoms with Crippen molar-refractivity contribution in [3.05, 3.63) is 59.2 Å². The summed E-state index contributed by atoms with van der Waals surface area (Å²) in [5, 5.41) is 2.99. The van der Waals surface area contributed by atoms with Gasteiger partial charge in [-0.15, -0.1) is 0 Å². The fraction of sp³-hybridized carbons (Fsp3) is 0.381. The van der Waals surface area contributed by atoms with Crippen molar-refractivity contribution in [1.82, 2.24) is 9.88 Å². The van der Waals surface area contributed by atoms with Crippen LogP contribution in [0.5, 0.6) is 0 Å². The molecule has 0 spiro atoms. The molecule has 138 valence electrons. The van der Waals surface area contributed by atoms with Crippen molar-refractivity contribution >= 4 is 17.0 Å². The Morgan fingerprint density at radius 1 is 1.19 bits per heavy atom. The van der Waals surface area contributed by atoms with Gasteiger partial charge >= 0.3 is 0 Å². The molecule has 0 aliphatic carbocycles. The van der Waals surface area contributed by atoms with Crippen LogP contribution >= 0.6 is 0 Å². The molecule has 0 bridgehead atoms. The topological polar surface area (TPSA) is 47.2 Å². The lowest BCUT2D eigenvalue weighted by Crippen LogP contribution is -2.27. The lowest BCUT2D eigenvalue weighted by molar-refractivity contribution is 0.0944. The number of fused-ring (bicyclic) bond motifs is 1. The highest BCUT2D eigenvalue weighted by Crippen LogP contribution is 2.25. The summed E-state index contributed by atoms with van der Waals surface area (Å²) in [4.78, 5) is 12.7. The molecule has 0 fully saturated rings. The van der Waals surface area contributed by atoms with Crippen LogP contribution in [0.3, 0.4) is 0 Å². The Morgan fingerprint density at radius 3 is 2.81 bits per heavy atom. The molecule has 0 saturated heterocycles. The number of nitrogens with one attached hydrogen (secondary N) is 1. The highest BCUT2D eigenvalue weighted by molar-refractivity contribution is 5.97. The average molecular weight is 356 g/mol. The number of unbranched alkanes of at least 4 members (excludes halogenated alkanes) is 3. The quantitative estimate of drug-likeness (QED) is 0.575. The first kappa shape index (κ1) is 18.2.